The SMILES string of the molecule is CC(C)OC(=O)[C@@H](N)c1ccccc1.Cl. The zero-order valence-electron chi connectivity index (χ0n) is 8.84. The number of carbonyl (C=O) groups excluding carboxylic acids is 1. The second-order valence-corrected chi connectivity index (χ2v) is 3.37. The molecule has 1 rings (SSSR count). The molecule has 0 radical (unpaired) electrons. The van der Waals surface area contributed by atoms with Crippen LogP contribution in [0.2, 0.25) is 0 Å². The summed E-state index contributed by atoms with van der Waals surface area (Å²) in [5.74, 6) is -0.383. The van der Waals surface area contributed by atoms with Crippen molar-refractivity contribution in [2.24, 2.45) is 5.73 Å². The van der Waals surface area contributed by atoms with Gasteiger partial charge in [-0.25, -0.2) is 4.79 Å². The summed E-state index contributed by atoms with van der Waals surface area (Å²) in [6.07, 6.45) is -0.128. The van der Waals surface area contributed by atoms with E-state index >= 15 is 0 Å². The van der Waals surface area contributed by atoms with Crippen LogP contribution in [0, 0.1) is 0 Å². The third-order valence-corrected chi connectivity index (χ3v) is 1.76. The Bertz CT molecular complexity index is 301. The van der Waals surface area contributed by atoms with Gasteiger partial charge in [0.1, 0.15) is 6.04 Å². The van der Waals surface area contributed by atoms with Crippen LogP contribution in [0.15, 0.2) is 30.3 Å². The Hall–Kier alpha value is -1.06. The van der Waals surface area contributed by atoms with E-state index in [0.29, 0.717) is 0 Å². The second-order valence-electron chi connectivity index (χ2n) is 3.37. The van der Waals surface area contributed by atoms with Gasteiger partial charge in [0, 0.05) is 0 Å². The Morgan fingerprint density at radius 2 is 1.80 bits per heavy atom. The van der Waals surface area contributed by atoms with Crippen molar-refractivity contribution in [1.82, 2.24) is 0 Å². The number of esters is 1. The van der Waals surface area contributed by atoms with Crippen LogP contribution in [0.1, 0.15) is 25.5 Å². The predicted octanol–water partition coefficient (Wildman–Crippen LogP) is 2.06. The number of rotatable bonds is 3. The van der Waals surface area contributed by atoms with Crippen molar-refractivity contribution < 1.29 is 9.53 Å². The highest BCUT2D eigenvalue weighted by atomic mass is 35.5. The maximum atomic E-state index is 11.4. The minimum Gasteiger partial charge on any atom is -0.462 e. The van der Waals surface area contributed by atoms with E-state index in [1.165, 1.54) is 0 Å². The molecule has 84 valence electrons. The summed E-state index contributed by atoms with van der Waals surface area (Å²) in [5, 5.41) is 0. The van der Waals surface area contributed by atoms with E-state index in [1.807, 2.05) is 30.3 Å². The number of ether oxygens (including phenoxy) is 1. The minimum atomic E-state index is -0.682. The van der Waals surface area contributed by atoms with Crippen molar-refractivity contribution >= 4 is 18.4 Å². The Morgan fingerprint density at radius 3 is 2.27 bits per heavy atom. The molecular weight excluding hydrogens is 214 g/mol. The molecule has 0 aliphatic carbocycles. The van der Waals surface area contributed by atoms with Crippen molar-refractivity contribution in [2.75, 3.05) is 0 Å². The highest BCUT2D eigenvalue weighted by molar-refractivity contribution is 5.85. The minimum absolute atomic E-state index is 0. The zero-order chi connectivity index (χ0) is 10.6. The number of carbonyl (C=O) groups is 1. The molecule has 2 N–H and O–H groups in total. The maximum absolute atomic E-state index is 11.4. The molecule has 0 saturated carbocycles. The van der Waals surface area contributed by atoms with Gasteiger partial charge in [-0.2, -0.15) is 0 Å². The van der Waals surface area contributed by atoms with E-state index < -0.39 is 6.04 Å². The molecule has 0 amide bonds. The molecular formula is C11H16ClNO2. The molecule has 1 aromatic rings. The zero-order valence-corrected chi connectivity index (χ0v) is 9.66. The van der Waals surface area contributed by atoms with Gasteiger partial charge in [0.05, 0.1) is 6.10 Å². The molecule has 0 aliphatic heterocycles. The van der Waals surface area contributed by atoms with E-state index in [0.717, 1.165) is 5.56 Å². The lowest BCUT2D eigenvalue weighted by Gasteiger charge is -2.13. The Labute approximate surface area is 96.0 Å². The van der Waals surface area contributed by atoms with Crippen LogP contribution in [0.3, 0.4) is 0 Å². The van der Waals surface area contributed by atoms with Crippen LogP contribution in [0.25, 0.3) is 0 Å². The molecule has 15 heavy (non-hydrogen) atoms. The van der Waals surface area contributed by atoms with Crippen LogP contribution in [0.5, 0.6) is 0 Å². The van der Waals surface area contributed by atoms with E-state index in [2.05, 4.69) is 0 Å². The van der Waals surface area contributed by atoms with Crippen LogP contribution in [-0.4, -0.2) is 12.1 Å². The molecule has 0 heterocycles. The number of halogens is 1. The van der Waals surface area contributed by atoms with E-state index in [9.17, 15) is 4.79 Å². The lowest BCUT2D eigenvalue weighted by Crippen LogP contribution is -2.25. The number of hydrogen-bond donors (Lipinski definition) is 1. The third kappa shape index (κ3) is 4.32. The largest absolute Gasteiger partial charge is 0.462 e. The monoisotopic (exact) mass is 229 g/mol. The normalized spacial score (nSPS) is 11.7. The van der Waals surface area contributed by atoms with Crippen molar-refractivity contribution in [3.63, 3.8) is 0 Å². The summed E-state index contributed by atoms with van der Waals surface area (Å²) in [6, 6.07) is 8.51. The topological polar surface area (TPSA) is 52.3 Å². The third-order valence-electron chi connectivity index (χ3n) is 1.76. The summed E-state index contributed by atoms with van der Waals surface area (Å²) in [6.45, 7) is 3.60. The summed E-state index contributed by atoms with van der Waals surface area (Å²) in [7, 11) is 0. The van der Waals surface area contributed by atoms with Gasteiger partial charge in [0.25, 0.3) is 0 Å². The predicted molar refractivity (Wildman–Crippen MR) is 61.8 cm³/mol. The van der Waals surface area contributed by atoms with Gasteiger partial charge >= 0.3 is 5.97 Å². The first-order chi connectivity index (χ1) is 6.61. The maximum Gasteiger partial charge on any atom is 0.327 e. The van der Waals surface area contributed by atoms with E-state index in [1.54, 1.807) is 13.8 Å². The molecule has 0 fully saturated rings. The Morgan fingerprint density at radius 1 is 1.27 bits per heavy atom. The number of nitrogens with two attached hydrogens (primary N) is 1. The van der Waals surface area contributed by atoms with Crippen LogP contribution in [-0.2, 0) is 9.53 Å². The van der Waals surface area contributed by atoms with Crippen molar-refractivity contribution in [2.45, 2.75) is 26.0 Å². The molecule has 0 bridgehead atoms. The van der Waals surface area contributed by atoms with Crippen LogP contribution >= 0.6 is 12.4 Å². The van der Waals surface area contributed by atoms with Gasteiger partial charge in [-0.3, -0.25) is 0 Å². The van der Waals surface area contributed by atoms with Crippen molar-refractivity contribution in [3.05, 3.63) is 35.9 Å². The average Bonchev–Trinajstić information content (AvgIpc) is 2.17. The Balaban J connectivity index is 0.00000196. The summed E-state index contributed by atoms with van der Waals surface area (Å²) in [4.78, 5) is 11.4. The molecule has 0 aliphatic rings. The highest BCUT2D eigenvalue weighted by Crippen LogP contribution is 2.11. The first-order valence-electron chi connectivity index (χ1n) is 4.62. The average molecular weight is 230 g/mol. The molecule has 1 aromatic carbocycles. The quantitative estimate of drug-likeness (QED) is 0.808. The van der Waals surface area contributed by atoms with Crippen molar-refractivity contribution in [1.29, 1.82) is 0 Å². The summed E-state index contributed by atoms with van der Waals surface area (Å²) < 4.78 is 5.00. The first kappa shape index (κ1) is 13.9. The standard InChI is InChI=1S/C11H15NO2.ClH/c1-8(2)14-11(13)10(12)9-6-4-3-5-7-9;/h3-8,10H,12H2,1-2H3;1H/t10-;/m0./s1. The van der Waals surface area contributed by atoms with Gasteiger partial charge in [0.15, 0.2) is 0 Å². The fourth-order valence-corrected chi connectivity index (χ4v) is 1.10. The number of hydrogen-bond acceptors (Lipinski definition) is 3. The van der Waals surface area contributed by atoms with Gasteiger partial charge in [-0.15, -0.1) is 12.4 Å². The molecule has 0 aromatic heterocycles. The van der Waals surface area contributed by atoms with Gasteiger partial charge in [-0.1, -0.05) is 30.3 Å². The van der Waals surface area contributed by atoms with Gasteiger partial charge < -0.3 is 10.5 Å². The Kier molecular flexibility index (Phi) is 5.97. The molecule has 0 spiro atoms. The first-order valence-corrected chi connectivity index (χ1v) is 4.62. The van der Waals surface area contributed by atoms with Crippen molar-refractivity contribution in [3.8, 4) is 0 Å². The fraction of sp³-hybridized carbons (Fsp3) is 0.364. The smallest absolute Gasteiger partial charge is 0.327 e. The van der Waals surface area contributed by atoms with E-state index in [-0.39, 0.29) is 24.5 Å². The molecule has 1 atom stereocenters. The molecule has 3 nitrogen and oxygen atoms in total. The molecule has 4 heteroatoms. The van der Waals surface area contributed by atoms with Gasteiger partial charge in [0.2, 0.25) is 0 Å². The molecule has 0 saturated heterocycles. The lowest BCUT2D eigenvalue weighted by atomic mass is 10.1. The highest BCUT2D eigenvalue weighted by Gasteiger charge is 2.17. The second kappa shape index (κ2) is 6.43. The van der Waals surface area contributed by atoms with Crippen LogP contribution < -0.4 is 5.73 Å². The van der Waals surface area contributed by atoms with Crippen LogP contribution in [0.4, 0.5) is 0 Å². The summed E-state index contributed by atoms with van der Waals surface area (Å²) >= 11 is 0. The number of benzene rings is 1. The summed E-state index contributed by atoms with van der Waals surface area (Å²) in [5.41, 5.74) is 6.49. The fourth-order valence-electron chi connectivity index (χ4n) is 1.10. The molecule has 0 unspecified atom stereocenters. The van der Waals surface area contributed by atoms with E-state index in [4.69, 9.17) is 10.5 Å². The lowest BCUT2D eigenvalue weighted by molar-refractivity contribution is -0.149. The van der Waals surface area contributed by atoms with Gasteiger partial charge in [-0.05, 0) is 19.4 Å².